The van der Waals surface area contributed by atoms with Crippen molar-refractivity contribution < 1.29 is 5.11 Å². The Balaban J connectivity index is -0.000000317. The summed E-state index contributed by atoms with van der Waals surface area (Å²) in [6.07, 6.45) is 8.12. The van der Waals surface area contributed by atoms with Gasteiger partial charge in [0.05, 0.1) is 11.4 Å². The highest BCUT2D eigenvalue weighted by Gasteiger charge is 1.97. The first-order valence-electron chi connectivity index (χ1n) is 8.26. The molecule has 0 aliphatic rings. The quantitative estimate of drug-likeness (QED) is 0.347. The van der Waals surface area contributed by atoms with Gasteiger partial charge in [0.15, 0.2) is 0 Å². The number of hydrogen-bond donors (Lipinski definition) is 1. The van der Waals surface area contributed by atoms with Gasteiger partial charge in [-0.1, -0.05) is 52.2 Å². The number of aliphatic hydroxyl groups is 1. The fourth-order valence-electron chi connectivity index (χ4n) is 1.28. The van der Waals surface area contributed by atoms with Crippen molar-refractivity contribution in [3.63, 3.8) is 0 Å². The first-order chi connectivity index (χ1) is 11.3. The largest absolute Gasteiger partial charge is 0.507 e. The van der Waals surface area contributed by atoms with Gasteiger partial charge in [-0.3, -0.25) is 9.98 Å². The van der Waals surface area contributed by atoms with Crippen LogP contribution in [0.15, 0.2) is 70.9 Å². The first-order valence-corrected chi connectivity index (χ1v) is 8.26. The molecule has 0 bridgehead atoms. The second-order valence-electron chi connectivity index (χ2n) is 4.79. The molecule has 136 valence electrons. The molecule has 0 rings (SSSR count). The molecule has 0 aliphatic carbocycles. The monoisotopic (exact) mass is 332 g/mol. The Kier molecular flexibility index (Phi) is 21.0. The topological polar surface area (TPSA) is 45.0 Å². The number of aliphatic hydroxyl groups excluding tert-OH is 1. The molecule has 0 fully saturated rings. The number of allylic oxidation sites excluding steroid dienone is 6. The number of nitrogens with zero attached hydrogens (tertiary/aromatic N) is 2. The lowest BCUT2D eigenvalue weighted by Gasteiger charge is -2.00. The average Bonchev–Trinajstić information content (AvgIpc) is 2.60. The van der Waals surface area contributed by atoms with Gasteiger partial charge in [-0.25, -0.2) is 0 Å². The van der Waals surface area contributed by atoms with Crippen LogP contribution in [0, 0.1) is 0 Å². The number of hydrogen-bond acceptors (Lipinski definition) is 3. The average molecular weight is 333 g/mol. The molecule has 0 atom stereocenters. The molecule has 0 unspecified atom stereocenters. The summed E-state index contributed by atoms with van der Waals surface area (Å²) >= 11 is 0. The molecular weight excluding hydrogens is 296 g/mol. The molecule has 24 heavy (non-hydrogen) atoms. The summed E-state index contributed by atoms with van der Waals surface area (Å²) in [6, 6.07) is 0. The summed E-state index contributed by atoms with van der Waals surface area (Å²) in [5.74, 6) is 0.331. The molecule has 0 saturated carbocycles. The van der Waals surface area contributed by atoms with E-state index >= 15 is 0 Å². The molecule has 0 aliphatic heterocycles. The van der Waals surface area contributed by atoms with Crippen LogP contribution in [-0.2, 0) is 0 Å². The van der Waals surface area contributed by atoms with E-state index in [1.54, 1.807) is 25.3 Å². The normalized spacial score (nSPS) is 12.7. The molecule has 0 aromatic rings. The van der Waals surface area contributed by atoms with Crippen LogP contribution >= 0.6 is 0 Å². The van der Waals surface area contributed by atoms with Crippen molar-refractivity contribution in [3.05, 3.63) is 60.9 Å². The molecular formula is C21H36N2O. The van der Waals surface area contributed by atoms with E-state index in [-0.39, 0.29) is 0 Å². The zero-order valence-corrected chi connectivity index (χ0v) is 16.7. The fraction of sp³-hybridized carbons (Fsp3) is 0.429. The summed E-state index contributed by atoms with van der Waals surface area (Å²) in [4.78, 5) is 8.17. The molecule has 0 radical (unpaired) electrons. The Labute approximate surface area is 149 Å². The van der Waals surface area contributed by atoms with Gasteiger partial charge in [-0.05, 0) is 51.0 Å². The number of rotatable bonds is 6. The maximum absolute atomic E-state index is 9.33. The maximum Gasteiger partial charge on any atom is 0.121 e. The third-order valence-electron chi connectivity index (χ3n) is 2.70. The molecule has 0 spiro atoms. The van der Waals surface area contributed by atoms with Gasteiger partial charge < -0.3 is 5.11 Å². The van der Waals surface area contributed by atoms with Crippen molar-refractivity contribution in [2.75, 3.05) is 13.6 Å². The lowest BCUT2D eigenvalue weighted by Crippen LogP contribution is -2.08. The molecule has 0 heterocycles. The van der Waals surface area contributed by atoms with E-state index in [9.17, 15) is 5.11 Å². The van der Waals surface area contributed by atoms with E-state index < -0.39 is 0 Å². The summed E-state index contributed by atoms with van der Waals surface area (Å²) in [6.45, 7) is 23.4. The fourth-order valence-corrected chi connectivity index (χ4v) is 1.28. The standard InChI is InChI=1S/C9H14N2.C9H14O.C3H8/c1-5-8(10-4)9(6-2)11-7-3;1-5-7(3)9(10)8(4)6-2;1-3-2/h5-6H,1-2,7H2,3-4H3;5-6,10H,1H2,2-4H3;3H2,1-2H3/b;8-6-,9-7+;. The zero-order valence-electron chi connectivity index (χ0n) is 16.7. The Morgan fingerprint density at radius 3 is 1.67 bits per heavy atom. The van der Waals surface area contributed by atoms with E-state index in [1.165, 1.54) is 6.42 Å². The van der Waals surface area contributed by atoms with Crippen LogP contribution in [0.2, 0.25) is 0 Å². The Hall–Kier alpha value is -2.16. The minimum Gasteiger partial charge on any atom is -0.507 e. The van der Waals surface area contributed by atoms with Crippen LogP contribution in [0.25, 0.3) is 0 Å². The van der Waals surface area contributed by atoms with Crippen molar-refractivity contribution in [2.45, 2.75) is 48.0 Å². The van der Waals surface area contributed by atoms with Gasteiger partial charge in [0.2, 0.25) is 0 Å². The Bertz CT molecular complexity index is 492. The lowest BCUT2D eigenvalue weighted by atomic mass is 10.1. The van der Waals surface area contributed by atoms with E-state index in [0.29, 0.717) is 5.76 Å². The third kappa shape index (κ3) is 13.5. The van der Waals surface area contributed by atoms with Gasteiger partial charge >= 0.3 is 0 Å². The van der Waals surface area contributed by atoms with Crippen molar-refractivity contribution >= 4 is 11.4 Å². The van der Waals surface area contributed by atoms with Crippen molar-refractivity contribution in [2.24, 2.45) is 9.98 Å². The van der Waals surface area contributed by atoms with E-state index in [4.69, 9.17) is 0 Å². The molecule has 3 nitrogen and oxygen atoms in total. The Morgan fingerprint density at radius 2 is 1.42 bits per heavy atom. The summed E-state index contributed by atoms with van der Waals surface area (Å²) < 4.78 is 0. The maximum atomic E-state index is 9.33. The van der Waals surface area contributed by atoms with Crippen molar-refractivity contribution in [3.8, 4) is 0 Å². The molecule has 0 amide bonds. The summed E-state index contributed by atoms with van der Waals surface area (Å²) in [5, 5.41) is 9.33. The van der Waals surface area contributed by atoms with Crippen molar-refractivity contribution in [1.82, 2.24) is 0 Å². The van der Waals surface area contributed by atoms with Gasteiger partial charge in [0, 0.05) is 13.6 Å². The molecule has 0 aromatic carbocycles. The molecule has 0 aromatic heterocycles. The van der Waals surface area contributed by atoms with Crippen LogP contribution in [-0.4, -0.2) is 30.1 Å². The molecule has 3 heteroatoms. The van der Waals surface area contributed by atoms with Gasteiger partial charge in [-0.2, -0.15) is 0 Å². The third-order valence-corrected chi connectivity index (χ3v) is 2.70. The van der Waals surface area contributed by atoms with Gasteiger partial charge in [0.1, 0.15) is 5.76 Å². The Morgan fingerprint density at radius 1 is 0.958 bits per heavy atom. The van der Waals surface area contributed by atoms with Crippen LogP contribution in [0.3, 0.4) is 0 Å². The van der Waals surface area contributed by atoms with Gasteiger partial charge in [-0.15, -0.1) is 0 Å². The summed E-state index contributed by atoms with van der Waals surface area (Å²) in [7, 11) is 1.71. The predicted molar refractivity (Wildman–Crippen MR) is 113 cm³/mol. The minimum atomic E-state index is 0.331. The summed E-state index contributed by atoms with van der Waals surface area (Å²) in [5.41, 5.74) is 3.31. The highest BCUT2D eigenvalue weighted by Crippen LogP contribution is 2.10. The van der Waals surface area contributed by atoms with Crippen LogP contribution < -0.4 is 0 Å². The second kappa shape index (κ2) is 18.9. The first kappa shape index (κ1) is 26.7. The van der Waals surface area contributed by atoms with E-state index in [1.807, 2.05) is 33.8 Å². The second-order valence-corrected chi connectivity index (χ2v) is 4.79. The molecule has 0 saturated heterocycles. The van der Waals surface area contributed by atoms with Crippen LogP contribution in [0.1, 0.15) is 48.0 Å². The highest BCUT2D eigenvalue weighted by atomic mass is 16.3. The smallest absolute Gasteiger partial charge is 0.121 e. The van der Waals surface area contributed by atoms with Crippen LogP contribution in [0.4, 0.5) is 0 Å². The van der Waals surface area contributed by atoms with Crippen LogP contribution in [0.5, 0.6) is 0 Å². The minimum absolute atomic E-state index is 0.331. The number of aliphatic imine (C=N–C) groups is 2. The van der Waals surface area contributed by atoms with E-state index in [0.717, 1.165) is 29.1 Å². The van der Waals surface area contributed by atoms with Gasteiger partial charge in [0.25, 0.3) is 0 Å². The molecule has 1 N–H and O–H groups in total. The van der Waals surface area contributed by atoms with Crippen molar-refractivity contribution in [1.29, 1.82) is 0 Å². The zero-order chi connectivity index (χ0) is 19.5. The SMILES string of the molecule is C=C/C(C)=C(O)\C(C)=C/C.C=CC(=NC)C(C=C)=NCC.CCC. The highest BCUT2D eigenvalue weighted by molar-refractivity contribution is 6.50. The van der Waals surface area contributed by atoms with E-state index in [2.05, 4.69) is 43.6 Å². The lowest BCUT2D eigenvalue weighted by molar-refractivity contribution is 0.418. The predicted octanol–water partition coefficient (Wildman–Crippen LogP) is 6.28.